The SMILES string of the molecule is CC1c2c(nn(-c3ccc(F)c4c3CCC4)c2-n2ccn(-c3ccc4c(cnn4C4CC4)c3F)c2=O)CCN1C(=O)c1cc2cc(C3CCOCC3)ncc2n1C1(c2noc(=O)[nH]2)CC1C. The summed E-state index contributed by atoms with van der Waals surface area (Å²) in [7, 11) is 0. The van der Waals surface area contributed by atoms with Crippen LogP contribution in [0, 0.1) is 17.6 Å². The molecule has 18 heteroatoms. The number of carbonyl (C=O) groups is 1. The molecule has 2 aromatic carbocycles. The van der Waals surface area contributed by atoms with Gasteiger partial charge in [0.2, 0.25) is 0 Å². The normalized spacial score (nSPS) is 21.8. The van der Waals surface area contributed by atoms with E-state index in [1.54, 1.807) is 40.2 Å². The van der Waals surface area contributed by atoms with Gasteiger partial charge in [-0.05, 0) is 112 Å². The zero-order valence-corrected chi connectivity index (χ0v) is 36.3. The maximum atomic E-state index is 16.4. The summed E-state index contributed by atoms with van der Waals surface area (Å²) >= 11 is 0. The molecule has 66 heavy (non-hydrogen) atoms. The van der Waals surface area contributed by atoms with Crippen LogP contribution in [-0.4, -0.2) is 79.0 Å². The molecule has 336 valence electrons. The molecule has 3 aliphatic carbocycles. The van der Waals surface area contributed by atoms with Gasteiger partial charge < -0.3 is 14.2 Å². The number of aromatic amines is 1. The Hall–Kier alpha value is -6.95. The van der Waals surface area contributed by atoms with Crippen molar-refractivity contribution in [2.45, 2.75) is 95.2 Å². The van der Waals surface area contributed by atoms with Crippen LogP contribution in [0.5, 0.6) is 0 Å². The number of H-pyrrole nitrogens is 1. The Morgan fingerprint density at radius 1 is 0.909 bits per heavy atom. The van der Waals surface area contributed by atoms with E-state index < -0.39 is 28.8 Å². The van der Waals surface area contributed by atoms with Gasteiger partial charge in [-0.1, -0.05) is 12.1 Å². The molecule has 13 rings (SSSR count). The van der Waals surface area contributed by atoms with E-state index in [9.17, 15) is 9.59 Å². The Kier molecular flexibility index (Phi) is 8.52. The second-order valence-corrected chi connectivity index (χ2v) is 18.8. The van der Waals surface area contributed by atoms with E-state index in [-0.39, 0.29) is 35.3 Å². The lowest BCUT2D eigenvalue weighted by Crippen LogP contribution is -2.41. The van der Waals surface area contributed by atoms with Crippen molar-refractivity contribution in [1.29, 1.82) is 0 Å². The number of imidazole rings is 1. The van der Waals surface area contributed by atoms with Crippen LogP contribution in [0.25, 0.3) is 39.0 Å². The molecular formula is C48H45F2N11O5. The molecule has 0 radical (unpaired) electrons. The molecule has 16 nitrogen and oxygen atoms in total. The number of pyridine rings is 1. The summed E-state index contributed by atoms with van der Waals surface area (Å²) in [5, 5.41) is 15.0. The van der Waals surface area contributed by atoms with Crippen molar-refractivity contribution >= 4 is 27.7 Å². The van der Waals surface area contributed by atoms with Crippen LogP contribution < -0.4 is 11.4 Å². The predicted octanol–water partition coefficient (Wildman–Crippen LogP) is 6.73. The first-order chi connectivity index (χ1) is 32.1. The number of ether oxygens (including phenoxy) is 1. The maximum Gasteiger partial charge on any atom is 0.438 e. The van der Waals surface area contributed by atoms with Crippen molar-refractivity contribution in [1.82, 2.24) is 53.3 Å². The predicted molar refractivity (Wildman–Crippen MR) is 236 cm³/mol. The number of nitrogens with zero attached hydrogens (tertiary/aromatic N) is 10. The fourth-order valence-corrected chi connectivity index (χ4v) is 11.4. The lowest BCUT2D eigenvalue weighted by Gasteiger charge is -2.34. The van der Waals surface area contributed by atoms with Crippen LogP contribution in [0.15, 0.2) is 75.3 Å². The molecule has 0 spiro atoms. The Morgan fingerprint density at radius 3 is 2.47 bits per heavy atom. The van der Waals surface area contributed by atoms with E-state index in [0.29, 0.717) is 96.2 Å². The monoisotopic (exact) mass is 893 g/mol. The minimum atomic E-state index is -0.880. The Bertz CT molecular complexity index is 3450. The highest BCUT2D eigenvalue weighted by molar-refractivity contribution is 5.99. The standard InChI is InChI=1S/C48H45F2N11O5/c1-25-22-48(25,45-53-46(63)66-55-45)59-39(21-28-20-35(51-24-40(28)59)27-13-18-65-19-14-27)44(62)56-15-12-34-41(26(56)2)43(61(54-34)36-9-8-33(49)30-4-3-5-31(30)36)58-17-16-57(47(58)64)38-11-10-37-32(42(38)50)23-52-60(37)29-6-7-29/h8-11,16-17,20-21,23-27,29H,3-7,12-15,18-19,22H2,1-2H3,(H,53,55,63). The molecule has 1 N–H and O–H groups in total. The van der Waals surface area contributed by atoms with Gasteiger partial charge in [0, 0.05) is 61.1 Å². The third-order valence-electron chi connectivity index (χ3n) is 15.1. The van der Waals surface area contributed by atoms with Gasteiger partial charge in [0.1, 0.15) is 22.9 Å². The van der Waals surface area contributed by atoms with Gasteiger partial charge in [0.15, 0.2) is 11.6 Å². The lowest BCUT2D eigenvalue weighted by atomic mass is 9.95. The molecule has 1 amide bonds. The number of fused-ring (bicyclic) bond motifs is 4. The van der Waals surface area contributed by atoms with Crippen molar-refractivity contribution in [2.24, 2.45) is 5.92 Å². The van der Waals surface area contributed by atoms with Gasteiger partial charge in [-0.15, -0.1) is 0 Å². The number of nitrogens with one attached hydrogen (secondary N) is 1. The van der Waals surface area contributed by atoms with E-state index in [1.165, 1.54) is 21.4 Å². The summed E-state index contributed by atoms with van der Waals surface area (Å²) in [6.45, 7) is 5.59. The van der Waals surface area contributed by atoms with Crippen LogP contribution in [0.3, 0.4) is 0 Å². The van der Waals surface area contributed by atoms with Crippen molar-refractivity contribution in [3.05, 3.63) is 133 Å². The topological polar surface area (TPSA) is 169 Å². The van der Waals surface area contributed by atoms with E-state index in [2.05, 4.69) is 28.2 Å². The first-order valence-corrected chi connectivity index (χ1v) is 23.0. The average molecular weight is 894 g/mol. The van der Waals surface area contributed by atoms with E-state index >= 15 is 13.6 Å². The van der Waals surface area contributed by atoms with Gasteiger partial charge in [0.05, 0.1) is 58.0 Å². The van der Waals surface area contributed by atoms with E-state index in [1.807, 2.05) is 28.4 Å². The van der Waals surface area contributed by atoms with E-state index in [0.717, 1.165) is 54.3 Å². The van der Waals surface area contributed by atoms with Crippen LogP contribution in [-0.2, 0) is 29.5 Å². The minimum Gasteiger partial charge on any atom is -0.381 e. The molecule has 1 saturated heterocycles. The number of hydrogen-bond donors (Lipinski definition) is 1. The smallest absolute Gasteiger partial charge is 0.381 e. The highest BCUT2D eigenvalue weighted by atomic mass is 19.1. The first kappa shape index (κ1) is 39.4. The fraction of sp³-hybridized carbons (Fsp3) is 0.396. The van der Waals surface area contributed by atoms with Crippen molar-refractivity contribution in [3.8, 4) is 17.2 Å². The Labute approximate surface area is 374 Å². The Morgan fingerprint density at radius 2 is 1.70 bits per heavy atom. The molecule has 6 aromatic heterocycles. The third-order valence-corrected chi connectivity index (χ3v) is 15.1. The zero-order valence-electron chi connectivity index (χ0n) is 36.3. The molecule has 8 aromatic rings. The molecule has 2 aliphatic heterocycles. The summed E-state index contributed by atoms with van der Waals surface area (Å²) in [5.41, 5.74) is 4.82. The number of hydrogen-bond acceptors (Lipinski definition) is 9. The number of benzene rings is 2. The zero-order chi connectivity index (χ0) is 44.7. The average Bonchev–Trinajstić information content (AvgIpc) is 3.74. The van der Waals surface area contributed by atoms with Gasteiger partial charge in [0.25, 0.3) is 5.91 Å². The van der Waals surface area contributed by atoms with Gasteiger partial charge in [-0.3, -0.25) is 33.1 Å². The number of halogens is 2. The molecule has 5 aliphatic rings. The minimum absolute atomic E-state index is 0.0148. The number of aromatic nitrogens is 10. The van der Waals surface area contributed by atoms with Gasteiger partial charge >= 0.3 is 11.4 Å². The van der Waals surface area contributed by atoms with Crippen molar-refractivity contribution in [2.75, 3.05) is 19.8 Å². The molecule has 3 fully saturated rings. The van der Waals surface area contributed by atoms with Crippen LogP contribution in [0.2, 0.25) is 0 Å². The highest BCUT2D eigenvalue weighted by Crippen LogP contribution is 2.56. The van der Waals surface area contributed by atoms with E-state index in [4.69, 9.17) is 19.3 Å². The number of rotatable bonds is 8. The van der Waals surface area contributed by atoms with Gasteiger partial charge in [-0.2, -0.15) is 10.2 Å². The third kappa shape index (κ3) is 5.65. The van der Waals surface area contributed by atoms with Crippen LogP contribution >= 0.6 is 0 Å². The Balaban J connectivity index is 0.957. The fourth-order valence-electron chi connectivity index (χ4n) is 11.4. The van der Waals surface area contributed by atoms with Crippen molar-refractivity contribution in [3.63, 3.8) is 0 Å². The molecule has 3 atom stereocenters. The van der Waals surface area contributed by atoms with Crippen LogP contribution in [0.1, 0.15) is 115 Å². The summed E-state index contributed by atoms with van der Waals surface area (Å²) in [5.74, 6) is -0.863. The molecule has 2 saturated carbocycles. The van der Waals surface area contributed by atoms with Crippen molar-refractivity contribution < 1.29 is 22.8 Å². The second kappa shape index (κ2) is 14.3. The molecule has 3 unspecified atom stereocenters. The lowest BCUT2D eigenvalue weighted by molar-refractivity contribution is 0.0663. The summed E-state index contributed by atoms with van der Waals surface area (Å²) in [4.78, 5) is 52.3. The molecular weight excluding hydrogens is 849 g/mol. The maximum absolute atomic E-state index is 16.4. The summed E-state index contributed by atoms with van der Waals surface area (Å²) in [6, 6.07) is 10.1. The first-order valence-electron chi connectivity index (χ1n) is 23.0. The molecule has 8 heterocycles. The largest absolute Gasteiger partial charge is 0.438 e. The van der Waals surface area contributed by atoms with Crippen LogP contribution in [0.4, 0.5) is 8.78 Å². The number of carbonyl (C=O) groups excluding carboxylic acids is 1. The quantitative estimate of drug-likeness (QED) is 0.174. The van der Waals surface area contributed by atoms with Gasteiger partial charge in [-0.25, -0.2) is 23.1 Å². The highest BCUT2D eigenvalue weighted by Gasteiger charge is 2.59. The summed E-state index contributed by atoms with van der Waals surface area (Å²) in [6.07, 6.45) is 13.1. The summed E-state index contributed by atoms with van der Waals surface area (Å²) < 4.78 is 50.7. The number of amides is 1. The molecule has 0 bridgehead atoms. The second-order valence-electron chi connectivity index (χ2n) is 18.8.